The van der Waals surface area contributed by atoms with Gasteiger partial charge >= 0.3 is 0 Å². The fraction of sp³-hybridized carbons (Fsp3) is 0.238. The van der Waals surface area contributed by atoms with Crippen LogP contribution in [0.1, 0.15) is 10.4 Å². The van der Waals surface area contributed by atoms with E-state index in [9.17, 15) is 4.79 Å². The third-order valence-corrected chi connectivity index (χ3v) is 4.81. The fourth-order valence-electron chi connectivity index (χ4n) is 3.20. The average molecular weight is 390 g/mol. The number of anilines is 3. The number of amides is 1. The van der Waals surface area contributed by atoms with E-state index in [1.165, 1.54) is 0 Å². The van der Waals surface area contributed by atoms with Crippen LogP contribution < -0.4 is 15.0 Å². The van der Waals surface area contributed by atoms with Crippen molar-refractivity contribution < 1.29 is 9.53 Å². The summed E-state index contributed by atoms with van der Waals surface area (Å²) in [4.78, 5) is 20.8. The van der Waals surface area contributed by atoms with Crippen molar-refractivity contribution in [3.05, 3.63) is 66.5 Å². The van der Waals surface area contributed by atoms with Crippen LogP contribution in [-0.2, 0) is 0 Å². The summed E-state index contributed by atoms with van der Waals surface area (Å²) in [5.74, 6) is 2.24. The van der Waals surface area contributed by atoms with Gasteiger partial charge < -0.3 is 19.9 Å². The number of hydrogen-bond acceptors (Lipinski definition) is 7. The number of carbonyl (C=O) groups is 1. The molecule has 1 aromatic carbocycles. The summed E-state index contributed by atoms with van der Waals surface area (Å²) in [5.41, 5.74) is 1.53. The lowest BCUT2D eigenvalue weighted by atomic mass is 10.1. The Morgan fingerprint density at radius 1 is 1.00 bits per heavy atom. The molecule has 29 heavy (non-hydrogen) atoms. The minimum absolute atomic E-state index is 0.0365. The summed E-state index contributed by atoms with van der Waals surface area (Å²) in [6, 6.07) is 14.8. The molecular formula is C21H22N6O2. The maximum Gasteiger partial charge on any atom is 0.253 e. The number of hydrogen-bond donors (Lipinski definition) is 1. The summed E-state index contributed by atoms with van der Waals surface area (Å²) in [6.07, 6.45) is 3.45. The number of methoxy groups -OCH3 is 1. The van der Waals surface area contributed by atoms with Crippen molar-refractivity contribution in [3.63, 3.8) is 0 Å². The molecule has 1 amide bonds. The van der Waals surface area contributed by atoms with Gasteiger partial charge in [0.15, 0.2) is 11.6 Å². The van der Waals surface area contributed by atoms with Crippen molar-refractivity contribution in [1.29, 1.82) is 0 Å². The number of carbonyl (C=O) groups excluding carboxylic acids is 1. The van der Waals surface area contributed by atoms with E-state index in [-0.39, 0.29) is 5.91 Å². The molecule has 8 heteroatoms. The number of pyridine rings is 1. The number of piperazine rings is 1. The molecule has 1 saturated heterocycles. The van der Waals surface area contributed by atoms with E-state index in [4.69, 9.17) is 4.74 Å². The predicted molar refractivity (Wildman–Crippen MR) is 111 cm³/mol. The van der Waals surface area contributed by atoms with Crippen molar-refractivity contribution in [2.45, 2.75) is 0 Å². The van der Waals surface area contributed by atoms with E-state index in [1.807, 2.05) is 29.2 Å². The number of aromatic nitrogens is 3. The van der Waals surface area contributed by atoms with Gasteiger partial charge in [0, 0.05) is 37.9 Å². The van der Waals surface area contributed by atoms with E-state index < -0.39 is 0 Å². The zero-order chi connectivity index (χ0) is 20.1. The van der Waals surface area contributed by atoms with Gasteiger partial charge in [-0.25, -0.2) is 0 Å². The molecular weight excluding hydrogens is 368 g/mol. The molecule has 148 valence electrons. The number of nitrogens with one attached hydrogen (secondary N) is 1. The number of rotatable bonds is 5. The number of ether oxygens (including phenoxy) is 1. The first-order valence-corrected chi connectivity index (χ1v) is 9.42. The van der Waals surface area contributed by atoms with Crippen LogP contribution in [0.4, 0.5) is 17.3 Å². The van der Waals surface area contributed by atoms with Crippen molar-refractivity contribution in [2.75, 3.05) is 43.5 Å². The largest absolute Gasteiger partial charge is 0.497 e. The molecule has 0 aliphatic carbocycles. The third kappa shape index (κ3) is 4.43. The topological polar surface area (TPSA) is 83.5 Å². The lowest BCUT2D eigenvalue weighted by Gasteiger charge is -2.35. The Hall–Kier alpha value is -3.68. The second kappa shape index (κ2) is 8.55. The van der Waals surface area contributed by atoms with Gasteiger partial charge in [-0.1, -0.05) is 0 Å². The highest BCUT2D eigenvalue weighted by molar-refractivity contribution is 5.94. The minimum atomic E-state index is 0.0365. The Morgan fingerprint density at radius 2 is 1.79 bits per heavy atom. The van der Waals surface area contributed by atoms with E-state index in [1.54, 1.807) is 43.8 Å². The smallest absolute Gasteiger partial charge is 0.253 e. The molecule has 3 heterocycles. The predicted octanol–water partition coefficient (Wildman–Crippen LogP) is 2.59. The average Bonchev–Trinajstić information content (AvgIpc) is 2.80. The highest BCUT2D eigenvalue weighted by Gasteiger charge is 2.23. The molecule has 1 fully saturated rings. The lowest BCUT2D eigenvalue weighted by Crippen LogP contribution is -2.49. The van der Waals surface area contributed by atoms with Gasteiger partial charge in [-0.3, -0.25) is 9.78 Å². The standard InChI is InChI=1S/C21H22N6O2/c1-29-18-6-4-16(5-7-18)21(28)27-13-11-26(12-14-27)20-9-8-19(24-25-20)23-17-3-2-10-22-15-17/h2-10,15H,11-14H2,1H3,(H,23,24). The normalized spacial score (nSPS) is 13.8. The van der Waals surface area contributed by atoms with Crippen molar-refractivity contribution in [2.24, 2.45) is 0 Å². The molecule has 8 nitrogen and oxygen atoms in total. The van der Waals surface area contributed by atoms with E-state index in [0.717, 1.165) is 17.3 Å². The third-order valence-electron chi connectivity index (χ3n) is 4.81. The maximum atomic E-state index is 12.7. The van der Waals surface area contributed by atoms with Crippen molar-refractivity contribution in [1.82, 2.24) is 20.1 Å². The fourth-order valence-corrected chi connectivity index (χ4v) is 3.20. The van der Waals surface area contributed by atoms with Gasteiger partial charge in [0.05, 0.1) is 19.0 Å². The molecule has 2 aromatic heterocycles. The summed E-state index contributed by atoms with van der Waals surface area (Å²) in [6.45, 7) is 2.71. The van der Waals surface area contributed by atoms with Crippen molar-refractivity contribution >= 4 is 23.2 Å². The first-order valence-electron chi connectivity index (χ1n) is 9.42. The van der Waals surface area contributed by atoms with Crippen LogP contribution in [0.3, 0.4) is 0 Å². The Bertz CT molecular complexity index is 939. The molecule has 1 aliphatic rings. The van der Waals surface area contributed by atoms with Crippen molar-refractivity contribution in [3.8, 4) is 5.75 Å². The molecule has 0 saturated carbocycles. The highest BCUT2D eigenvalue weighted by Crippen LogP contribution is 2.18. The molecule has 3 aromatic rings. The minimum Gasteiger partial charge on any atom is -0.497 e. The highest BCUT2D eigenvalue weighted by atomic mass is 16.5. The van der Waals surface area contributed by atoms with Gasteiger partial charge in [-0.05, 0) is 48.5 Å². The summed E-state index contributed by atoms with van der Waals surface area (Å²) >= 11 is 0. The first-order chi connectivity index (χ1) is 14.2. The Kier molecular flexibility index (Phi) is 5.51. The summed E-state index contributed by atoms with van der Waals surface area (Å²) in [7, 11) is 1.61. The summed E-state index contributed by atoms with van der Waals surface area (Å²) < 4.78 is 5.15. The molecule has 1 aliphatic heterocycles. The molecule has 1 N–H and O–H groups in total. The van der Waals surface area contributed by atoms with Gasteiger partial charge in [-0.15, -0.1) is 10.2 Å². The summed E-state index contributed by atoms with van der Waals surface area (Å²) in [5, 5.41) is 11.7. The van der Waals surface area contributed by atoms with E-state index in [0.29, 0.717) is 37.6 Å². The Labute approximate surface area is 169 Å². The monoisotopic (exact) mass is 390 g/mol. The van der Waals surface area contributed by atoms with Gasteiger partial charge in [0.1, 0.15) is 5.75 Å². The molecule has 4 rings (SSSR count). The Balaban J connectivity index is 1.33. The van der Waals surface area contributed by atoms with Gasteiger partial charge in [-0.2, -0.15) is 0 Å². The van der Waals surface area contributed by atoms with Crippen LogP contribution in [0.5, 0.6) is 5.75 Å². The molecule has 0 atom stereocenters. The van der Waals surface area contributed by atoms with E-state index >= 15 is 0 Å². The van der Waals surface area contributed by atoms with Crippen LogP contribution in [0.15, 0.2) is 60.9 Å². The first kappa shape index (κ1) is 18.7. The van der Waals surface area contributed by atoms with Gasteiger partial charge in [0.25, 0.3) is 5.91 Å². The second-order valence-corrected chi connectivity index (χ2v) is 6.65. The van der Waals surface area contributed by atoms with Crippen LogP contribution in [0.25, 0.3) is 0 Å². The molecule has 0 bridgehead atoms. The van der Waals surface area contributed by atoms with E-state index in [2.05, 4.69) is 25.4 Å². The molecule has 0 unspecified atom stereocenters. The Morgan fingerprint density at radius 3 is 2.41 bits per heavy atom. The lowest BCUT2D eigenvalue weighted by molar-refractivity contribution is 0.0746. The van der Waals surface area contributed by atoms with Crippen LogP contribution >= 0.6 is 0 Å². The van der Waals surface area contributed by atoms with Crippen LogP contribution in [0.2, 0.25) is 0 Å². The quantitative estimate of drug-likeness (QED) is 0.717. The zero-order valence-electron chi connectivity index (χ0n) is 16.2. The number of nitrogens with zero attached hydrogens (tertiary/aromatic N) is 5. The molecule has 0 radical (unpaired) electrons. The van der Waals surface area contributed by atoms with Crippen LogP contribution in [-0.4, -0.2) is 59.3 Å². The van der Waals surface area contributed by atoms with Gasteiger partial charge in [0.2, 0.25) is 0 Å². The number of benzene rings is 1. The SMILES string of the molecule is COc1ccc(C(=O)N2CCN(c3ccc(Nc4cccnc4)nn3)CC2)cc1. The second-order valence-electron chi connectivity index (χ2n) is 6.65. The van der Waals surface area contributed by atoms with Crippen LogP contribution in [0, 0.1) is 0 Å². The maximum absolute atomic E-state index is 12.7. The zero-order valence-corrected chi connectivity index (χ0v) is 16.2. The molecule has 0 spiro atoms.